The number of hydrogen-bond acceptors (Lipinski definition) is 10. The number of hydrogen-bond donors (Lipinski definition) is 2. The van der Waals surface area contributed by atoms with Gasteiger partial charge in [0.05, 0.1) is 0 Å². The Hall–Kier alpha value is -0.621. The van der Waals surface area contributed by atoms with Gasteiger partial charge in [0.25, 0.3) is 0 Å². The monoisotopic (exact) mass is 588 g/mol. The van der Waals surface area contributed by atoms with E-state index in [1.54, 1.807) is 0 Å². The van der Waals surface area contributed by atoms with Crippen molar-refractivity contribution in [2.45, 2.75) is 74.1 Å². The van der Waals surface area contributed by atoms with Gasteiger partial charge in [0.15, 0.2) is 0 Å². The summed E-state index contributed by atoms with van der Waals surface area (Å²) in [4.78, 5) is 48.7. The summed E-state index contributed by atoms with van der Waals surface area (Å²) in [5, 5.41) is 0. The van der Waals surface area contributed by atoms with Crippen molar-refractivity contribution in [1.82, 2.24) is 0 Å². The summed E-state index contributed by atoms with van der Waals surface area (Å²) in [7, 11) is 0. The van der Waals surface area contributed by atoms with Gasteiger partial charge in [0, 0.05) is 0 Å². The maximum atomic E-state index is 12.3. The molecule has 0 spiro atoms. The molecule has 0 saturated heterocycles. The normalized spacial score (nSPS) is 11.0. The van der Waals surface area contributed by atoms with Crippen LogP contribution in [0, 0.1) is 0 Å². The van der Waals surface area contributed by atoms with E-state index in [1.165, 1.54) is 0 Å². The number of rotatable bonds is 18. The Morgan fingerprint density at radius 3 is 1.35 bits per heavy atom. The van der Waals surface area contributed by atoms with Crippen LogP contribution in [0.5, 0.6) is 0 Å². The van der Waals surface area contributed by atoms with Crippen LogP contribution in [0.2, 0.25) is 8.87 Å². The Balaban J connectivity index is 5.35. The predicted octanol–water partition coefficient (Wildman–Crippen LogP) is 3.62. The van der Waals surface area contributed by atoms with Crippen molar-refractivity contribution in [3.8, 4) is 0 Å². The van der Waals surface area contributed by atoms with Crippen molar-refractivity contribution in [2.75, 3.05) is 24.7 Å². The molecule has 0 aromatic carbocycles. The molecule has 0 atom stereocenters. The molecule has 0 aliphatic rings. The quantitative estimate of drug-likeness (QED) is 0.109. The number of esters is 2. The molecule has 8 nitrogen and oxygen atoms in total. The average molecular weight is 587 g/mol. The fourth-order valence-corrected chi connectivity index (χ4v) is 11.1. The van der Waals surface area contributed by atoms with Crippen LogP contribution in [-0.4, -0.2) is 67.8 Å². The van der Waals surface area contributed by atoms with Gasteiger partial charge in [0.1, 0.15) is 0 Å². The first kappa shape index (κ1) is 30.4. The summed E-state index contributed by atoms with van der Waals surface area (Å²) in [6.45, 7) is 4.58. The van der Waals surface area contributed by atoms with Crippen LogP contribution in [0.25, 0.3) is 0 Å². The SMILES string of the molecule is CCCCOC(=O)C[CH2][Sn]([CH2]CC(=O)OCCCC)([O]C(=O)CCS)[O]C(=O)CCS. The van der Waals surface area contributed by atoms with Gasteiger partial charge in [-0.3, -0.25) is 0 Å². The summed E-state index contributed by atoms with van der Waals surface area (Å²) in [5.74, 6) is -1.47. The van der Waals surface area contributed by atoms with Crippen molar-refractivity contribution in [1.29, 1.82) is 0 Å². The molecule has 0 rings (SSSR count). The van der Waals surface area contributed by atoms with Gasteiger partial charge >= 0.3 is 202 Å². The third kappa shape index (κ3) is 15.8. The first-order valence-corrected chi connectivity index (χ1v) is 18.4. The Bertz CT molecular complexity index is 511. The number of thiol groups is 2. The van der Waals surface area contributed by atoms with Crippen LogP contribution in [0.4, 0.5) is 0 Å². The molecule has 0 aliphatic carbocycles. The van der Waals surface area contributed by atoms with Gasteiger partial charge in [-0.1, -0.05) is 0 Å². The van der Waals surface area contributed by atoms with Gasteiger partial charge in [0.2, 0.25) is 0 Å². The number of carbonyl (C=O) groups is 4. The van der Waals surface area contributed by atoms with Crippen molar-refractivity contribution < 1.29 is 34.8 Å². The Labute approximate surface area is 201 Å². The van der Waals surface area contributed by atoms with E-state index >= 15 is 0 Å². The first-order chi connectivity index (χ1) is 14.8. The van der Waals surface area contributed by atoms with E-state index in [-0.39, 0.29) is 46.1 Å². The molecule has 0 radical (unpaired) electrons. The average Bonchev–Trinajstić information content (AvgIpc) is 2.71. The Morgan fingerprint density at radius 1 is 0.645 bits per heavy atom. The zero-order valence-electron chi connectivity index (χ0n) is 18.6. The molecule has 0 aromatic rings. The number of unbranched alkanes of at least 4 members (excludes halogenated alkanes) is 2. The fraction of sp³-hybridized carbons (Fsp3) is 0.800. The van der Waals surface area contributed by atoms with Crippen LogP contribution in [0.3, 0.4) is 0 Å². The molecule has 0 aliphatic heterocycles. The topological polar surface area (TPSA) is 105 Å². The van der Waals surface area contributed by atoms with E-state index in [1.807, 2.05) is 13.8 Å². The number of ether oxygens (including phenoxy) is 2. The molecule has 0 fully saturated rings. The third-order valence-electron chi connectivity index (χ3n) is 4.17. The molecule has 0 bridgehead atoms. The van der Waals surface area contributed by atoms with Gasteiger partial charge in [-0.2, -0.15) is 0 Å². The van der Waals surface area contributed by atoms with Crippen LogP contribution < -0.4 is 0 Å². The second-order valence-electron chi connectivity index (χ2n) is 6.95. The molecule has 0 amide bonds. The maximum absolute atomic E-state index is 12.3. The van der Waals surface area contributed by atoms with E-state index < -0.39 is 43.1 Å². The van der Waals surface area contributed by atoms with E-state index in [9.17, 15) is 19.2 Å². The van der Waals surface area contributed by atoms with E-state index in [0.29, 0.717) is 13.2 Å². The summed E-state index contributed by atoms with van der Waals surface area (Å²) in [6.07, 6.45) is 3.25. The van der Waals surface area contributed by atoms with Crippen molar-refractivity contribution >= 4 is 68.3 Å². The molecule has 0 aromatic heterocycles. The standard InChI is InChI=1S/2C7H13O2.2C3H6O2S.Sn/c2*1-3-5-6-9-7(8)4-2;2*4-3(5)1-2-6;/h2*2-6H2,1H3;2*6H,1-2H2,(H,4,5);/q;;;;+2/p-2. The van der Waals surface area contributed by atoms with E-state index in [2.05, 4.69) is 25.3 Å². The third-order valence-corrected chi connectivity index (χ3v) is 13.8. The molecule has 0 unspecified atom stereocenters. The molecule has 31 heavy (non-hydrogen) atoms. The van der Waals surface area contributed by atoms with Crippen LogP contribution >= 0.6 is 25.3 Å². The minimum atomic E-state index is -4.51. The molecule has 0 N–H and O–H groups in total. The summed E-state index contributed by atoms with van der Waals surface area (Å²) in [6, 6.07) is 0. The van der Waals surface area contributed by atoms with Crippen molar-refractivity contribution in [2.24, 2.45) is 0 Å². The zero-order chi connectivity index (χ0) is 23.5. The van der Waals surface area contributed by atoms with Crippen molar-refractivity contribution in [3.05, 3.63) is 0 Å². The van der Waals surface area contributed by atoms with Crippen LogP contribution in [-0.2, 0) is 34.8 Å². The molecule has 0 saturated carbocycles. The van der Waals surface area contributed by atoms with Crippen LogP contribution in [0.15, 0.2) is 0 Å². The second kappa shape index (κ2) is 18.9. The predicted molar refractivity (Wildman–Crippen MR) is 125 cm³/mol. The molecule has 180 valence electrons. The Morgan fingerprint density at radius 2 is 1.03 bits per heavy atom. The summed E-state index contributed by atoms with van der Waals surface area (Å²) < 4.78 is 21.9. The summed E-state index contributed by atoms with van der Waals surface area (Å²) in [5.41, 5.74) is 0. The summed E-state index contributed by atoms with van der Waals surface area (Å²) >= 11 is 3.55. The van der Waals surface area contributed by atoms with Gasteiger partial charge in [-0.25, -0.2) is 0 Å². The van der Waals surface area contributed by atoms with Gasteiger partial charge in [-0.05, 0) is 0 Å². The minimum absolute atomic E-state index is 0.0355. The van der Waals surface area contributed by atoms with Crippen LogP contribution in [0.1, 0.15) is 65.2 Å². The van der Waals surface area contributed by atoms with Crippen molar-refractivity contribution in [3.63, 3.8) is 0 Å². The zero-order valence-corrected chi connectivity index (χ0v) is 23.2. The first-order valence-electron chi connectivity index (χ1n) is 10.8. The molecule has 11 heteroatoms. The second-order valence-corrected chi connectivity index (χ2v) is 17.1. The fourth-order valence-electron chi connectivity index (χ4n) is 2.44. The van der Waals surface area contributed by atoms with Gasteiger partial charge < -0.3 is 0 Å². The van der Waals surface area contributed by atoms with E-state index in [4.69, 9.17) is 15.6 Å². The van der Waals surface area contributed by atoms with Gasteiger partial charge in [-0.15, -0.1) is 0 Å². The van der Waals surface area contributed by atoms with E-state index in [0.717, 1.165) is 25.7 Å². The molecule has 0 heterocycles. The number of carbonyl (C=O) groups excluding carboxylic acids is 4. The Kier molecular flexibility index (Phi) is 18.5. The molecular formula is C20H36O8S2Sn. The molecular weight excluding hydrogens is 551 g/mol.